The standard InChI is InChI=1S/C18H22N4O2S/c1-13-7-9-22(10-8-13)16(23)11-15-12-25-18(20-15)21-17(24)19-14-5-3-2-4-6-14/h2-6,12-13H,7-11H2,1H3,(H2,19,20,21,24). The molecular formula is C18H22N4O2S. The van der Waals surface area contributed by atoms with Crippen LogP contribution in [0.4, 0.5) is 15.6 Å². The number of nitrogens with one attached hydrogen (secondary N) is 2. The molecule has 2 aromatic rings. The van der Waals surface area contributed by atoms with E-state index in [0.717, 1.165) is 25.9 Å². The van der Waals surface area contributed by atoms with Crippen LogP contribution < -0.4 is 10.6 Å². The maximum Gasteiger partial charge on any atom is 0.325 e. The average Bonchev–Trinajstić information content (AvgIpc) is 3.03. The van der Waals surface area contributed by atoms with Crippen molar-refractivity contribution < 1.29 is 9.59 Å². The number of urea groups is 1. The number of anilines is 2. The van der Waals surface area contributed by atoms with Gasteiger partial charge in [-0.15, -0.1) is 11.3 Å². The van der Waals surface area contributed by atoms with Crippen molar-refractivity contribution in [3.63, 3.8) is 0 Å². The molecule has 132 valence electrons. The first-order valence-electron chi connectivity index (χ1n) is 8.45. The first-order valence-corrected chi connectivity index (χ1v) is 9.33. The number of thiazole rings is 1. The molecule has 0 aliphatic carbocycles. The van der Waals surface area contributed by atoms with E-state index in [4.69, 9.17) is 0 Å². The molecule has 0 saturated carbocycles. The SMILES string of the molecule is CC1CCN(C(=O)Cc2csc(NC(=O)Nc3ccccc3)n2)CC1. The molecule has 0 radical (unpaired) electrons. The largest absolute Gasteiger partial charge is 0.342 e. The average molecular weight is 358 g/mol. The van der Waals surface area contributed by atoms with E-state index in [-0.39, 0.29) is 18.4 Å². The quantitative estimate of drug-likeness (QED) is 0.877. The third kappa shape index (κ3) is 5.03. The van der Waals surface area contributed by atoms with Gasteiger partial charge >= 0.3 is 6.03 Å². The zero-order valence-corrected chi connectivity index (χ0v) is 15.0. The highest BCUT2D eigenvalue weighted by Crippen LogP contribution is 2.19. The number of para-hydroxylation sites is 1. The van der Waals surface area contributed by atoms with Gasteiger partial charge in [0, 0.05) is 24.2 Å². The molecule has 1 aliphatic rings. The van der Waals surface area contributed by atoms with E-state index < -0.39 is 0 Å². The van der Waals surface area contributed by atoms with Crippen LogP contribution >= 0.6 is 11.3 Å². The summed E-state index contributed by atoms with van der Waals surface area (Å²) in [6, 6.07) is 8.86. The number of nitrogens with zero attached hydrogens (tertiary/aromatic N) is 2. The Morgan fingerprint density at radius 2 is 1.92 bits per heavy atom. The van der Waals surface area contributed by atoms with Gasteiger partial charge in [0.2, 0.25) is 5.91 Å². The molecular weight excluding hydrogens is 336 g/mol. The monoisotopic (exact) mass is 358 g/mol. The van der Waals surface area contributed by atoms with Crippen LogP contribution in [0.25, 0.3) is 0 Å². The Bertz CT molecular complexity index is 724. The maximum atomic E-state index is 12.3. The Kier molecular flexibility index (Phi) is 5.65. The third-order valence-electron chi connectivity index (χ3n) is 4.27. The van der Waals surface area contributed by atoms with E-state index in [9.17, 15) is 9.59 Å². The first kappa shape index (κ1) is 17.4. The fourth-order valence-electron chi connectivity index (χ4n) is 2.75. The van der Waals surface area contributed by atoms with Gasteiger partial charge < -0.3 is 10.2 Å². The fraction of sp³-hybridized carbons (Fsp3) is 0.389. The second-order valence-electron chi connectivity index (χ2n) is 6.33. The molecule has 1 aliphatic heterocycles. The number of likely N-dealkylation sites (tertiary alicyclic amines) is 1. The van der Waals surface area contributed by atoms with Gasteiger partial charge in [0.15, 0.2) is 5.13 Å². The van der Waals surface area contributed by atoms with Crippen LogP contribution in [0, 0.1) is 5.92 Å². The smallest absolute Gasteiger partial charge is 0.325 e. The molecule has 25 heavy (non-hydrogen) atoms. The van der Waals surface area contributed by atoms with Gasteiger partial charge in [0.05, 0.1) is 12.1 Å². The zero-order valence-electron chi connectivity index (χ0n) is 14.2. The summed E-state index contributed by atoms with van der Waals surface area (Å²) in [4.78, 5) is 30.6. The van der Waals surface area contributed by atoms with Crippen molar-refractivity contribution in [2.45, 2.75) is 26.2 Å². The van der Waals surface area contributed by atoms with Crippen molar-refractivity contribution in [3.8, 4) is 0 Å². The number of rotatable bonds is 4. The minimum absolute atomic E-state index is 0.109. The summed E-state index contributed by atoms with van der Waals surface area (Å²) in [6.45, 7) is 3.88. The molecule has 7 heteroatoms. The molecule has 0 unspecified atom stereocenters. The Morgan fingerprint density at radius 1 is 1.20 bits per heavy atom. The van der Waals surface area contributed by atoms with Crippen molar-refractivity contribution in [3.05, 3.63) is 41.4 Å². The van der Waals surface area contributed by atoms with Crippen molar-refractivity contribution in [1.82, 2.24) is 9.88 Å². The van der Waals surface area contributed by atoms with Crippen LogP contribution in [-0.4, -0.2) is 34.9 Å². The number of hydrogen-bond acceptors (Lipinski definition) is 4. The van der Waals surface area contributed by atoms with E-state index in [1.54, 1.807) is 0 Å². The number of amides is 3. The van der Waals surface area contributed by atoms with Gasteiger partial charge in [-0.1, -0.05) is 25.1 Å². The molecule has 1 fully saturated rings. The van der Waals surface area contributed by atoms with Crippen molar-refractivity contribution >= 4 is 34.1 Å². The normalized spacial score (nSPS) is 15.0. The lowest BCUT2D eigenvalue weighted by molar-refractivity contribution is -0.131. The summed E-state index contributed by atoms with van der Waals surface area (Å²) in [7, 11) is 0. The van der Waals surface area contributed by atoms with E-state index in [2.05, 4.69) is 22.5 Å². The summed E-state index contributed by atoms with van der Waals surface area (Å²) >= 11 is 1.32. The molecule has 3 rings (SSSR count). The van der Waals surface area contributed by atoms with E-state index >= 15 is 0 Å². The Morgan fingerprint density at radius 3 is 2.64 bits per heavy atom. The fourth-order valence-corrected chi connectivity index (χ4v) is 3.46. The Hall–Kier alpha value is -2.41. The summed E-state index contributed by atoms with van der Waals surface area (Å²) in [5, 5.41) is 7.75. The van der Waals surface area contributed by atoms with Gasteiger partial charge in [-0.3, -0.25) is 10.1 Å². The van der Waals surface area contributed by atoms with Gasteiger partial charge in [-0.05, 0) is 30.9 Å². The molecule has 1 aromatic carbocycles. The molecule has 6 nitrogen and oxygen atoms in total. The summed E-state index contributed by atoms with van der Waals surface area (Å²) in [5.41, 5.74) is 1.41. The van der Waals surface area contributed by atoms with Crippen LogP contribution in [-0.2, 0) is 11.2 Å². The van der Waals surface area contributed by atoms with Crippen molar-refractivity contribution in [1.29, 1.82) is 0 Å². The van der Waals surface area contributed by atoms with Crippen LogP contribution in [0.2, 0.25) is 0 Å². The number of piperidine rings is 1. The van der Waals surface area contributed by atoms with Crippen LogP contribution in [0.5, 0.6) is 0 Å². The second kappa shape index (κ2) is 8.11. The number of carbonyl (C=O) groups excluding carboxylic acids is 2. The molecule has 0 spiro atoms. The van der Waals surface area contributed by atoms with Crippen molar-refractivity contribution in [2.24, 2.45) is 5.92 Å². The lowest BCUT2D eigenvalue weighted by Crippen LogP contribution is -2.38. The number of carbonyl (C=O) groups is 2. The lowest BCUT2D eigenvalue weighted by atomic mass is 9.99. The van der Waals surface area contributed by atoms with Crippen LogP contribution in [0.3, 0.4) is 0 Å². The Balaban J connectivity index is 1.50. The van der Waals surface area contributed by atoms with Crippen molar-refractivity contribution in [2.75, 3.05) is 23.7 Å². The maximum absolute atomic E-state index is 12.3. The minimum atomic E-state index is -0.344. The summed E-state index contributed by atoms with van der Waals surface area (Å²) in [5.74, 6) is 0.805. The van der Waals surface area contributed by atoms with Gasteiger partial charge in [-0.2, -0.15) is 0 Å². The molecule has 1 aromatic heterocycles. The minimum Gasteiger partial charge on any atom is -0.342 e. The van der Waals surface area contributed by atoms with E-state index in [0.29, 0.717) is 22.4 Å². The number of aromatic nitrogens is 1. The van der Waals surface area contributed by atoms with Crippen LogP contribution in [0.1, 0.15) is 25.5 Å². The summed E-state index contributed by atoms with van der Waals surface area (Å²) < 4.78 is 0. The van der Waals surface area contributed by atoms with E-state index in [1.807, 2.05) is 40.6 Å². The number of benzene rings is 1. The Labute approximate surface area is 151 Å². The summed E-state index contributed by atoms with van der Waals surface area (Å²) in [6.07, 6.45) is 2.41. The van der Waals surface area contributed by atoms with E-state index in [1.165, 1.54) is 11.3 Å². The molecule has 3 amide bonds. The molecule has 1 saturated heterocycles. The molecule has 0 bridgehead atoms. The van der Waals surface area contributed by atoms with Gasteiger partial charge in [-0.25, -0.2) is 9.78 Å². The van der Waals surface area contributed by atoms with Gasteiger partial charge in [0.1, 0.15) is 0 Å². The predicted molar refractivity (Wildman–Crippen MR) is 99.9 cm³/mol. The lowest BCUT2D eigenvalue weighted by Gasteiger charge is -2.30. The second-order valence-corrected chi connectivity index (χ2v) is 7.19. The third-order valence-corrected chi connectivity index (χ3v) is 5.08. The highest BCUT2D eigenvalue weighted by atomic mass is 32.1. The van der Waals surface area contributed by atoms with Gasteiger partial charge in [0.25, 0.3) is 0 Å². The topological polar surface area (TPSA) is 74.3 Å². The highest BCUT2D eigenvalue weighted by Gasteiger charge is 2.21. The zero-order chi connectivity index (χ0) is 17.6. The molecule has 0 atom stereocenters. The predicted octanol–water partition coefficient (Wildman–Crippen LogP) is 3.59. The number of hydrogen-bond donors (Lipinski definition) is 2. The van der Waals surface area contributed by atoms with Crippen LogP contribution in [0.15, 0.2) is 35.7 Å². The molecule has 2 N–H and O–H groups in total. The first-order chi connectivity index (χ1) is 12.1. The molecule has 2 heterocycles. The highest BCUT2D eigenvalue weighted by molar-refractivity contribution is 7.14.